The number of hydrogen-bond acceptors (Lipinski definition) is 5. The Labute approximate surface area is 209 Å². The van der Waals surface area contributed by atoms with Crippen LogP contribution in [0.1, 0.15) is 42.1 Å². The van der Waals surface area contributed by atoms with E-state index < -0.39 is 0 Å². The summed E-state index contributed by atoms with van der Waals surface area (Å²) in [4.78, 5) is 18.2. The largest absolute Gasteiger partial charge is 0.269 e. The molecule has 0 amide bonds. The molecule has 0 aliphatic heterocycles. The molecule has 3 aromatic heterocycles. The van der Waals surface area contributed by atoms with Crippen molar-refractivity contribution in [2.24, 2.45) is 0 Å². The summed E-state index contributed by atoms with van der Waals surface area (Å²) in [5.41, 5.74) is 7.00. The Kier molecular flexibility index (Phi) is 6.80. The molecule has 0 atom stereocenters. The zero-order chi connectivity index (χ0) is 24.9. The van der Waals surface area contributed by atoms with Crippen LogP contribution in [0.3, 0.4) is 0 Å². The molecule has 7 nitrogen and oxygen atoms in total. The van der Waals surface area contributed by atoms with E-state index in [-0.39, 0.29) is 5.56 Å². The van der Waals surface area contributed by atoms with Gasteiger partial charge in [0, 0.05) is 29.4 Å². The fraction of sp³-hybridized carbons (Fsp3) is 0.207. The fourth-order valence-corrected chi connectivity index (χ4v) is 4.61. The lowest BCUT2D eigenvalue weighted by Gasteiger charge is -2.16. The van der Waals surface area contributed by atoms with Gasteiger partial charge in [-0.05, 0) is 70.6 Å². The Morgan fingerprint density at radius 1 is 0.944 bits per heavy atom. The van der Waals surface area contributed by atoms with Gasteiger partial charge in [0.15, 0.2) is 5.82 Å². The average molecular weight is 477 g/mol. The van der Waals surface area contributed by atoms with Crippen LogP contribution in [0.25, 0.3) is 28.3 Å². The van der Waals surface area contributed by atoms with Crippen molar-refractivity contribution >= 4 is 0 Å². The molecule has 36 heavy (non-hydrogen) atoms. The Morgan fingerprint density at radius 3 is 2.42 bits per heavy atom. The standard InChI is InChI=1S/C29H28N6O/c1-3-4-9-23-18-20(2)35(27-12-7-8-17-30-27)29(36)26(23)19-21-13-15-22(16-14-21)24-10-5-6-11-25(24)28-31-33-34-32-28/h5-8,10-18H,3-4,9,19H2,1-2H3,(H,31,32,33,34). The molecule has 1 N–H and O–H groups in total. The molecule has 5 rings (SSSR count). The highest BCUT2D eigenvalue weighted by Crippen LogP contribution is 2.30. The van der Waals surface area contributed by atoms with Crippen LogP contribution >= 0.6 is 0 Å². The number of aryl methyl sites for hydroxylation is 2. The summed E-state index contributed by atoms with van der Waals surface area (Å²) in [6.45, 7) is 4.15. The second-order valence-electron chi connectivity index (χ2n) is 8.89. The van der Waals surface area contributed by atoms with Crippen LogP contribution in [0.2, 0.25) is 0 Å². The Hall–Kier alpha value is -4.39. The molecule has 0 unspecified atom stereocenters. The highest BCUT2D eigenvalue weighted by Gasteiger charge is 2.16. The monoisotopic (exact) mass is 476 g/mol. The molecule has 7 heteroatoms. The van der Waals surface area contributed by atoms with Crippen LogP contribution in [0.15, 0.2) is 83.8 Å². The number of hydrogen-bond donors (Lipinski definition) is 1. The van der Waals surface area contributed by atoms with Crippen LogP contribution in [-0.2, 0) is 12.8 Å². The molecule has 0 saturated heterocycles. The van der Waals surface area contributed by atoms with Crippen LogP contribution in [0, 0.1) is 6.92 Å². The van der Waals surface area contributed by atoms with E-state index in [0.717, 1.165) is 58.3 Å². The van der Waals surface area contributed by atoms with Crippen molar-refractivity contribution in [1.29, 1.82) is 0 Å². The normalized spacial score (nSPS) is 11.1. The van der Waals surface area contributed by atoms with E-state index in [0.29, 0.717) is 18.1 Å². The Balaban J connectivity index is 1.51. The van der Waals surface area contributed by atoms with Gasteiger partial charge in [-0.15, -0.1) is 5.10 Å². The first-order chi connectivity index (χ1) is 17.7. The Morgan fingerprint density at radius 2 is 1.72 bits per heavy atom. The number of aromatic nitrogens is 6. The number of unbranched alkanes of at least 4 members (excludes halogenated alkanes) is 1. The summed E-state index contributed by atoms with van der Waals surface area (Å²) in [6, 6.07) is 24.2. The number of nitrogens with one attached hydrogen (secondary N) is 1. The second kappa shape index (κ2) is 10.5. The summed E-state index contributed by atoms with van der Waals surface area (Å²) >= 11 is 0. The minimum Gasteiger partial charge on any atom is -0.269 e. The Bertz CT molecular complexity index is 1510. The van der Waals surface area contributed by atoms with Gasteiger partial charge in [0.05, 0.1) is 0 Å². The minimum atomic E-state index is 0.00652. The molecule has 0 aliphatic carbocycles. The van der Waals surface area contributed by atoms with E-state index in [9.17, 15) is 4.79 Å². The molecule has 5 aromatic rings. The molecule has 2 aromatic carbocycles. The van der Waals surface area contributed by atoms with Crippen molar-refractivity contribution in [3.8, 4) is 28.3 Å². The van der Waals surface area contributed by atoms with Gasteiger partial charge < -0.3 is 0 Å². The maximum atomic E-state index is 13.7. The van der Waals surface area contributed by atoms with Gasteiger partial charge in [-0.3, -0.25) is 9.36 Å². The first-order valence-electron chi connectivity index (χ1n) is 12.2. The first kappa shape index (κ1) is 23.4. The third-order valence-electron chi connectivity index (χ3n) is 6.44. The summed E-state index contributed by atoms with van der Waals surface area (Å²) < 4.78 is 1.72. The van der Waals surface area contributed by atoms with Gasteiger partial charge in [-0.2, -0.15) is 0 Å². The van der Waals surface area contributed by atoms with Crippen molar-refractivity contribution in [3.63, 3.8) is 0 Å². The van der Waals surface area contributed by atoms with Crippen molar-refractivity contribution in [1.82, 2.24) is 30.2 Å². The number of tetrazole rings is 1. The quantitative estimate of drug-likeness (QED) is 0.327. The molecular formula is C29H28N6O. The summed E-state index contributed by atoms with van der Waals surface area (Å²) in [6.07, 6.45) is 5.31. The van der Waals surface area contributed by atoms with Gasteiger partial charge in [-0.1, -0.05) is 67.9 Å². The summed E-state index contributed by atoms with van der Waals surface area (Å²) in [5, 5.41) is 14.3. The molecule has 0 fully saturated rings. The average Bonchev–Trinajstić information content (AvgIpc) is 3.45. The lowest BCUT2D eigenvalue weighted by atomic mass is 9.94. The van der Waals surface area contributed by atoms with E-state index in [1.807, 2.05) is 43.3 Å². The van der Waals surface area contributed by atoms with Crippen molar-refractivity contribution in [3.05, 3.63) is 112 Å². The predicted octanol–water partition coefficient (Wildman–Crippen LogP) is 5.32. The van der Waals surface area contributed by atoms with Crippen molar-refractivity contribution < 1.29 is 0 Å². The van der Waals surface area contributed by atoms with E-state index >= 15 is 0 Å². The molecule has 0 aliphatic rings. The topological polar surface area (TPSA) is 89.3 Å². The van der Waals surface area contributed by atoms with Gasteiger partial charge in [0.1, 0.15) is 5.82 Å². The lowest BCUT2D eigenvalue weighted by Crippen LogP contribution is -2.27. The molecular weight excluding hydrogens is 448 g/mol. The van der Waals surface area contributed by atoms with E-state index in [4.69, 9.17) is 0 Å². The first-order valence-corrected chi connectivity index (χ1v) is 12.2. The summed E-state index contributed by atoms with van der Waals surface area (Å²) in [7, 11) is 0. The third-order valence-corrected chi connectivity index (χ3v) is 6.44. The zero-order valence-electron chi connectivity index (χ0n) is 20.5. The predicted molar refractivity (Wildman–Crippen MR) is 141 cm³/mol. The maximum absolute atomic E-state index is 13.7. The highest BCUT2D eigenvalue weighted by atomic mass is 16.1. The fourth-order valence-electron chi connectivity index (χ4n) is 4.61. The molecule has 0 bridgehead atoms. The number of benzene rings is 2. The van der Waals surface area contributed by atoms with Crippen LogP contribution in [0.5, 0.6) is 0 Å². The molecule has 0 spiro atoms. The maximum Gasteiger partial charge on any atom is 0.260 e. The van der Waals surface area contributed by atoms with E-state index in [2.05, 4.69) is 68.9 Å². The van der Waals surface area contributed by atoms with Crippen molar-refractivity contribution in [2.45, 2.75) is 39.5 Å². The number of rotatable bonds is 8. The molecule has 0 radical (unpaired) electrons. The lowest BCUT2D eigenvalue weighted by molar-refractivity contribution is 0.771. The van der Waals surface area contributed by atoms with E-state index in [1.54, 1.807) is 10.8 Å². The van der Waals surface area contributed by atoms with Gasteiger partial charge >= 0.3 is 0 Å². The smallest absolute Gasteiger partial charge is 0.260 e. The SMILES string of the molecule is CCCCc1cc(C)n(-c2ccccn2)c(=O)c1Cc1ccc(-c2ccccc2-c2nnn[nH]2)cc1. The number of aromatic amines is 1. The molecule has 0 saturated carbocycles. The highest BCUT2D eigenvalue weighted by molar-refractivity contribution is 5.80. The second-order valence-corrected chi connectivity index (χ2v) is 8.89. The minimum absolute atomic E-state index is 0.00652. The number of H-pyrrole nitrogens is 1. The molecule has 3 heterocycles. The molecule has 180 valence electrons. The van der Waals surface area contributed by atoms with E-state index in [1.165, 1.54) is 0 Å². The van der Waals surface area contributed by atoms with Crippen LogP contribution in [-0.4, -0.2) is 30.2 Å². The van der Waals surface area contributed by atoms with Crippen molar-refractivity contribution in [2.75, 3.05) is 0 Å². The van der Waals surface area contributed by atoms with Gasteiger partial charge in [0.25, 0.3) is 5.56 Å². The van der Waals surface area contributed by atoms with Gasteiger partial charge in [0.2, 0.25) is 0 Å². The third kappa shape index (κ3) is 4.73. The zero-order valence-corrected chi connectivity index (χ0v) is 20.5. The number of nitrogens with zero attached hydrogens (tertiary/aromatic N) is 5. The number of pyridine rings is 2. The van der Waals surface area contributed by atoms with Crippen LogP contribution < -0.4 is 5.56 Å². The summed E-state index contributed by atoms with van der Waals surface area (Å²) in [5.74, 6) is 1.28. The van der Waals surface area contributed by atoms with Crippen LogP contribution in [0.4, 0.5) is 0 Å². The van der Waals surface area contributed by atoms with Gasteiger partial charge in [-0.25, -0.2) is 10.1 Å².